The number of hydrogen-bond acceptors (Lipinski definition) is 11. The number of piperidine rings is 1. The third-order valence-corrected chi connectivity index (χ3v) is 11.0. The Labute approximate surface area is 308 Å². The second-order valence-electron chi connectivity index (χ2n) is 14.4. The number of urea groups is 1. The molecule has 5 atom stereocenters. The number of fused-ring (bicyclic) bond motifs is 1. The third-order valence-electron chi connectivity index (χ3n) is 11.0. The molecule has 53 heavy (non-hydrogen) atoms. The fraction of sp³-hybridized carbons (Fsp3) is 0.410. The Morgan fingerprint density at radius 2 is 1.47 bits per heavy atom. The van der Waals surface area contributed by atoms with Gasteiger partial charge in [0.05, 0.1) is 18.5 Å². The summed E-state index contributed by atoms with van der Waals surface area (Å²) in [6.07, 6.45) is 4.18. The minimum absolute atomic E-state index is 0.0406. The lowest BCUT2D eigenvalue weighted by atomic mass is 9.91. The maximum Gasteiger partial charge on any atom is 0.315 e. The van der Waals surface area contributed by atoms with Gasteiger partial charge in [0.15, 0.2) is 17.0 Å². The molecule has 276 valence electrons. The molecule has 3 aliphatic rings. The summed E-state index contributed by atoms with van der Waals surface area (Å²) in [6.45, 7) is 3.42. The molecule has 14 heteroatoms. The van der Waals surface area contributed by atoms with Gasteiger partial charge in [-0.25, -0.2) is 14.8 Å². The summed E-state index contributed by atoms with van der Waals surface area (Å²) in [4.78, 5) is 36.7. The van der Waals surface area contributed by atoms with Crippen molar-refractivity contribution in [3.05, 3.63) is 103 Å². The number of anilines is 3. The number of aliphatic hydroxyl groups is 2. The number of aliphatic hydroxyl groups excluding tert-OH is 2. The van der Waals surface area contributed by atoms with Crippen molar-refractivity contribution in [3.63, 3.8) is 0 Å². The van der Waals surface area contributed by atoms with E-state index in [2.05, 4.69) is 55.0 Å². The van der Waals surface area contributed by atoms with Crippen LogP contribution in [-0.4, -0.2) is 104 Å². The number of pyridine rings is 1. The van der Waals surface area contributed by atoms with Gasteiger partial charge in [-0.2, -0.15) is 9.97 Å². The number of aromatic nitrogens is 5. The Balaban J connectivity index is 0.994. The van der Waals surface area contributed by atoms with Gasteiger partial charge in [0.2, 0.25) is 5.95 Å². The van der Waals surface area contributed by atoms with E-state index in [0.717, 1.165) is 38.2 Å². The number of imidazole rings is 1. The van der Waals surface area contributed by atoms with Crippen LogP contribution >= 0.6 is 0 Å². The first-order valence-electron chi connectivity index (χ1n) is 18.6. The molecule has 8 rings (SSSR count). The lowest BCUT2D eigenvalue weighted by Crippen LogP contribution is -2.50. The van der Waals surface area contributed by atoms with E-state index in [9.17, 15) is 15.0 Å². The van der Waals surface area contributed by atoms with Crippen LogP contribution in [0.3, 0.4) is 0 Å². The van der Waals surface area contributed by atoms with Gasteiger partial charge in [-0.3, -0.25) is 0 Å². The average Bonchev–Trinajstić information content (AvgIpc) is 3.91. The van der Waals surface area contributed by atoms with Crippen molar-refractivity contribution in [1.82, 2.24) is 35.1 Å². The lowest BCUT2D eigenvalue weighted by Gasteiger charge is -2.33. The minimum Gasteiger partial charge on any atom is -0.389 e. The van der Waals surface area contributed by atoms with E-state index in [1.54, 1.807) is 12.5 Å². The number of nitrogens with one attached hydrogen (secondary N) is 3. The van der Waals surface area contributed by atoms with Crippen LogP contribution in [0.1, 0.15) is 48.8 Å². The van der Waals surface area contributed by atoms with Crippen molar-refractivity contribution in [2.24, 2.45) is 5.73 Å². The SMILES string of the molecule is N[C@H]1C[C@@H](n2cnc3c(NCC(c4ccccc4)c4ccccc4)nc(N4CC[C@@H](NC(=O)NC5CCN(c6ccccn6)CC5)C4)nc32)[C@H](O)[C@@H]1O. The highest BCUT2D eigenvalue weighted by atomic mass is 16.3. The Bertz CT molecular complexity index is 1940. The van der Waals surface area contributed by atoms with Crippen molar-refractivity contribution >= 4 is 34.8 Å². The van der Waals surface area contributed by atoms with Gasteiger partial charge in [-0.1, -0.05) is 66.7 Å². The fourth-order valence-corrected chi connectivity index (χ4v) is 7.99. The van der Waals surface area contributed by atoms with Crippen LogP contribution in [-0.2, 0) is 0 Å². The van der Waals surface area contributed by atoms with Gasteiger partial charge in [0.1, 0.15) is 11.9 Å². The molecular weight excluding hydrogens is 671 g/mol. The Kier molecular flexibility index (Phi) is 10.1. The van der Waals surface area contributed by atoms with E-state index in [1.807, 2.05) is 59.2 Å². The second kappa shape index (κ2) is 15.3. The van der Waals surface area contributed by atoms with E-state index in [4.69, 9.17) is 20.7 Å². The highest BCUT2D eigenvalue weighted by Crippen LogP contribution is 2.35. The monoisotopic (exact) mass is 717 g/mol. The molecule has 0 radical (unpaired) electrons. The topological polar surface area (TPSA) is 183 Å². The molecule has 7 N–H and O–H groups in total. The van der Waals surface area contributed by atoms with E-state index in [-0.39, 0.29) is 24.0 Å². The van der Waals surface area contributed by atoms with Crippen molar-refractivity contribution in [2.75, 3.05) is 47.8 Å². The van der Waals surface area contributed by atoms with E-state index < -0.39 is 24.3 Å². The van der Waals surface area contributed by atoms with Gasteiger partial charge in [-0.05, 0) is 48.9 Å². The number of benzene rings is 2. The van der Waals surface area contributed by atoms with Crippen LogP contribution in [0.5, 0.6) is 0 Å². The van der Waals surface area contributed by atoms with Gasteiger partial charge < -0.3 is 46.3 Å². The van der Waals surface area contributed by atoms with Crippen LogP contribution in [0.15, 0.2) is 91.4 Å². The molecule has 0 bridgehead atoms. The summed E-state index contributed by atoms with van der Waals surface area (Å²) in [5.41, 5.74) is 9.62. The first-order valence-corrected chi connectivity index (χ1v) is 18.6. The maximum atomic E-state index is 13.1. The van der Waals surface area contributed by atoms with Crippen LogP contribution in [0, 0.1) is 0 Å². The molecule has 5 aromatic rings. The number of hydrogen-bond donors (Lipinski definition) is 6. The van der Waals surface area contributed by atoms with Crippen molar-refractivity contribution in [3.8, 4) is 0 Å². The molecule has 0 unspecified atom stereocenters. The zero-order valence-corrected chi connectivity index (χ0v) is 29.6. The van der Waals surface area contributed by atoms with Crippen LogP contribution < -0.4 is 31.5 Å². The van der Waals surface area contributed by atoms with Gasteiger partial charge in [0, 0.05) is 63.0 Å². The Morgan fingerprint density at radius 1 is 0.811 bits per heavy atom. The summed E-state index contributed by atoms with van der Waals surface area (Å²) in [7, 11) is 0. The molecule has 2 aliphatic heterocycles. The van der Waals surface area contributed by atoms with Gasteiger partial charge >= 0.3 is 6.03 Å². The maximum absolute atomic E-state index is 13.1. The van der Waals surface area contributed by atoms with Crippen LogP contribution in [0.25, 0.3) is 11.2 Å². The molecule has 3 aromatic heterocycles. The minimum atomic E-state index is -1.06. The first kappa shape index (κ1) is 34.8. The summed E-state index contributed by atoms with van der Waals surface area (Å²) >= 11 is 0. The summed E-state index contributed by atoms with van der Waals surface area (Å²) in [5.74, 6) is 2.08. The van der Waals surface area contributed by atoms with E-state index in [0.29, 0.717) is 49.0 Å². The Hall–Kier alpha value is -5.31. The Morgan fingerprint density at radius 3 is 2.13 bits per heavy atom. The molecule has 1 aliphatic carbocycles. The van der Waals surface area contributed by atoms with Crippen molar-refractivity contribution < 1.29 is 15.0 Å². The summed E-state index contributed by atoms with van der Waals surface area (Å²) in [6, 6.07) is 25.5. The number of rotatable bonds is 10. The van der Waals surface area contributed by atoms with E-state index in [1.165, 1.54) is 11.1 Å². The number of amides is 2. The predicted molar refractivity (Wildman–Crippen MR) is 204 cm³/mol. The highest BCUT2D eigenvalue weighted by Gasteiger charge is 2.41. The standard InChI is InChI=1S/C39H47N11O3/c40-30-21-31(35(52)34(30)51)50-24-43-33-36(42-22-29(25-9-3-1-4-10-25)26-11-5-2-6-12-26)46-38(47-37(33)50)49-20-16-28(23-49)45-39(53)44-27-14-18-48(19-15-27)32-13-7-8-17-41-32/h1-13,17,24,27-31,34-35,51-52H,14-16,18-23,40H2,(H,42,46,47)(H2,44,45,53)/t28-,30+,31-,34-,35+/m1/s1. The average molecular weight is 718 g/mol. The quantitative estimate of drug-likeness (QED) is 0.125. The van der Waals surface area contributed by atoms with Gasteiger partial charge in [-0.15, -0.1) is 0 Å². The molecule has 2 amide bonds. The molecule has 2 aromatic carbocycles. The molecule has 5 heterocycles. The fourth-order valence-electron chi connectivity index (χ4n) is 7.99. The summed E-state index contributed by atoms with van der Waals surface area (Å²) in [5, 5.41) is 31.4. The van der Waals surface area contributed by atoms with Gasteiger partial charge in [0.25, 0.3) is 0 Å². The smallest absolute Gasteiger partial charge is 0.315 e. The second-order valence-corrected chi connectivity index (χ2v) is 14.4. The largest absolute Gasteiger partial charge is 0.389 e. The highest BCUT2D eigenvalue weighted by molar-refractivity contribution is 5.84. The molecule has 14 nitrogen and oxygen atoms in total. The van der Waals surface area contributed by atoms with Crippen molar-refractivity contribution in [1.29, 1.82) is 0 Å². The number of carbonyl (C=O) groups is 1. The summed E-state index contributed by atoms with van der Waals surface area (Å²) < 4.78 is 1.82. The van der Waals surface area contributed by atoms with Crippen molar-refractivity contribution in [2.45, 2.75) is 68.0 Å². The molecule has 3 fully saturated rings. The molecule has 1 saturated carbocycles. The molecule has 2 saturated heterocycles. The zero-order valence-electron chi connectivity index (χ0n) is 29.6. The van der Waals surface area contributed by atoms with E-state index >= 15 is 0 Å². The normalized spacial score (nSPS) is 23.5. The van der Waals surface area contributed by atoms with Crippen LogP contribution in [0.4, 0.5) is 22.4 Å². The number of nitrogens with zero attached hydrogens (tertiary/aromatic N) is 7. The zero-order chi connectivity index (χ0) is 36.3. The number of nitrogens with two attached hydrogens (primary N) is 1. The number of carbonyl (C=O) groups excluding carboxylic acids is 1. The molecular formula is C39H47N11O3. The third kappa shape index (κ3) is 7.48. The predicted octanol–water partition coefficient (Wildman–Crippen LogP) is 3.01. The lowest BCUT2D eigenvalue weighted by molar-refractivity contribution is 0.0187. The van der Waals surface area contributed by atoms with Crippen LogP contribution in [0.2, 0.25) is 0 Å². The molecule has 0 spiro atoms. The first-order chi connectivity index (χ1) is 25.9.